The Labute approximate surface area is 688 Å². The fraction of sp³-hybridized carbons (Fsp3) is 0.157. The van der Waals surface area contributed by atoms with Crippen molar-refractivity contribution in [2.45, 2.75) is 94.4 Å². The molecule has 0 unspecified atom stereocenters. The van der Waals surface area contributed by atoms with Crippen molar-refractivity contribution in [1.82, 2.24) is 99.7 Å². The van der Waals surface area contributed by atoms with Gasteiger partial charge in [-0.3, -0.25) is 48.9 Å². The monoisotopic (exact) mass is 1600 g/mol. The molecule has 15 rings (SSSR count). The van der Waals surface area contributed by atoms with E-state index in [1.807, 2.05) is 116 Å². The van der Waals surface area contributed by atoms with E-state index in [4.69, 9.17) is 23.7 Å². The molecule has 15 aromatic rings. The molecule has 0 bridgehead atoms. The lowest BCUT2D eigenvalue weighted by atomic mass is 10.1. The molecule has 0 N–H and O–H groups in total. The molecule has 600 valence electrons. The lowest BCUT2D eigenvalue weighted by molar-refractivity contribution is 0.0978. The third kappa shape index (κ3) is 27.7. The van der Waals surface area contributed by atoms with E-state index in [1.165, 1.54) is 68.4 Å². The van der Waals surface area contributed by atoms with Crippen molar-refractivity contribution in [3.05, 3.63) is 359 Å². The largest absolute Gasteiger partial charge is 0.454 e. The lowest BCUT2D eigenvalue weighted by Gasteiger charge is -2.08. The van der Waals surface area contributed by atoms with Crippen molar-refractivity contribution in [2.24, 2.45) is 0 Å². The summed E-state index contributed by atoms with van der Waals surface area (Å²) < 4.78 is 41.6. The van der Waals surface area contributed by atoms with E-state index in [0.29, 0.717) is 126 Å². The van der Waals surface area contributed by atoms with Crippen molar-refractivity contribution >= 4 is 28.9 Å². The standard InChI is InChI=1S/4C18H16N4O2.C17H13FN4O2/c2*1-12-3-4-14(21-8-12)6-18(23)17-7-15(5-13(2)22-17)24-16-9-19-11-20-10-16;2*1-12-4-3-5-14(21-12)7-18(23)17-8-15(6-13(2)22-17)24-16-9-19-11-20-10-16;1-11-4-14(24-15-8-19-10-20-9-15)7-16(22-11)17(23)6-13-5-12(18)2-3-21-13/h2*3-5,7-11H,6H2,1-2H3;2*3-6,8-11H,7H2,1-2H3;2-5,7-10H,6H2,1H3. The molecule has 0 saturated heterocycles. The Morgan fingerprint density at radius 2 is 0.508 bits per heavy atom. The van der Waals surface area contributed by atoms with Gasteiger partial charge in [-0.15, -0.1) is 0 Å². The average molecular weight is 1610 g/mol. The van der Waals surface area contributed by atoms with Crippen LogP contribution in [0.15, 0.2) is 246 Å². The van der Waals surface area contributed by atoms with E-state index in [-0.39, 0.29) is 66.7 Å². The molecule has 31 heteroatoms. The Morgan fingerprint density at radius 1 is 0.250 bits per heavy atom. The number of hydrogen-bond donors (Lipinski definition) is 0. The highest BCUT2D eigenvalue weighted by Crippen LogP contribution is 2.28. The van der Waals surface area contributed by atoms with Crippen LogP contribution in [-0.4, -0.2) is 129 Å². The summed E-state index contributed by atoms with van der Waals surface area (Å²) in [7, 11) is 0. The molecule has 0 aliphatic rings. The summed E-state index contributed by atoms with van der Waals surface area (Å²) in [5.41, 5.74) is 12.2. The molecule has 0 atom stereocenters. The van der Waals surface area contributed by atoms with Crippen LogP contribution in [0.3, 0.4) is 0 Å². The SMILES string of the molecule is Cc1cc(Oc2cncnc2)cc(C(=O)Cc2cc(F)ccn2)n1.Cc1ccc(CC(=O)c2cc(Oc3cncnc3)cc(C)n2)nc1.Cc1ccc(CC(=O)c2cc(Oc3cncnc3)cc(C)n2)nc1.Cc1cccc(CC(=O)c2cc(Oc3cncnc3)cc(C)n2)n1.Cc1cccc(CC(=O)c2cc(Oc3cncnc3)cc(C)n2)n1. The first-order chi connectivity index (χ1) is 58.0. The zero-order valence-corrected chi connectivity index (χ0v) is 66.5. The minimum absolute atomic E-state index is 0.0396. The van der Waals surface area contributed by atoms with Crippen LogP contribution in [0.5, 0.6) is 57.5 Å². The Kier molecular flexibility index (Phi) is 30.1. The topological polar surface area (TPSA) is 389 Å². The Morgan fingerprint density at radius 3 is 0.750 bits per heavy atom. The number of ether oxygens (including phenoxy) is 5. The maximum Gasteiger partial charge on any atom is 0.187 e. The molecule has 0 spiro atoms. The third-order valence-electron chi connectivity index (χ3n) is 16.3. The van der Waals surface area contributed by atoms with Gasteiger partial charge in [0.1, 0.15) is 94.7 Å². The average Bonchev–Trinajstić information content (AvgIpc) is 0.855. The molecule has 0 fully saturated rings. The number of rotatable bonds is 25. The summed E-state index contributed by atoms with van der Waals surface area (Å²) >= 11 is 0. The second kappa shape index (κ2) is 42.5. The number of nitrogens with zero attached hydrogens (tertiary/aromatic N) is 20. The van der Waals surface area contributed by atoms with E-state index < -0.39 is 5.82 Å². The highest BCUT2D eigenvalue weighted by atomic mass is 19.1. The first-order valence-electron chi connectivity index (χ1n) is 37.0. The van der Waals surface area contributed by atoms with Gasteiger partial charge in [0.2, 0.25) is 0 Å². The number of ketones is 5. The molecule has 30 nitrogen and oxygen atoms in total. The highest BCUT2D eigenvalue weighted by Gasteiger charge is 2.19. The Bertz CT molecular complexity index is 5510. The molecular formula is C89H77FN20O10. The predicted octanol–water partition coefficient (Wildman–Crippen LogP) is 15.3. The van der Waals surface area contributed by atoms with Gasteiger partial charge in [-0.05, 0) is 122 Å². The van der Waals surface area contributed by atoms with Crippen LogP contribution in [0.2, 0.25) is 0 Å². The summed E-state index contributed by atoms with van der Waals surface area (Å²) in [6.45, 7) is 16.7. The van der Waals surface area contributed by atoms with Gasteiger partial charge in [0.25, 0.3) is 0 Å². The van der Waals surface area contributed by atoms with Crippen LogP contribution in [0, 0.1) is 68.1 Å². The van der Waals surface area contributed by atoms with Crippen molar-refractivity contribution in [1.29, 1.82) is 0 Å². The second-order valence-corrected chi connectivity index (χ2v) is 26.7. The molecule has 120 heavy (non-hydrogen) atoms. The molecule has 0 saturated carbocycles. The fourth-order valence-electron chi connectivity index (χ4n) is 11.0. The smallest absolute Gasteiger partial charge is 0.187 e. The summed E-state index contributed by atoms with van der Waals surface area (Å²) in [6.07, 6.45) is 28.2. The van der Waals surface area contributed by atoms with Crippen molar-refractivity contribution in [2.75, 3.05) is 0 Å². The molecule has 15 heterocycles. The molecule has 0 radical (unpaired) electrons. The normalized spacial score (nSPS) is 10.4. The number of carbonyl (C=O) groups excluding carboxylic acids is 5. The number of Topliss-reactive ketones (excluding diaryl/α,β-unsaturated/α-hetero) is 5. The van der Waals surface area contributed by atoms with Gasteiger partial charge in [0.15, 0.2) is 57.7 Å². The molecule has 0 amide bonds. The number of halogens is 1. The van der Waals surface area contributed by atoms with E-state index in [2.05, 4.69) is 99.7 Å². The molecular weight excluding hydrogens is 1530 g/mol. The number of pyridine rings is 10. The number of carbonyl (C=O) groups is 5. The maximum absolute atomic E-state index is 13.2. The molecule has 0 aromatic carbocycles. The van der Waals surface area contributed by atoms with Crippen molar-refractivity contribution in [3.8, 4) is 57.5 Å². The van der Waals surface area contributed by atoms with Crippen molar-refractivity contribution in [3.63, 3.8) is 0 Å². The van der Waals surface area contributed by atoms with Crippen LogP contribution >= 0.6 is 0 Å². The van der Waals surface area contributed by atoms with Crippen LogP contribution in [0.4, 0.5) is 4.39 Å². The number of hydrogen-bond acceptors (Lipinski definition) is 30. The number of aryl methyl sites for hydroxylation is 9. The van der Waals surface area contributed by atoms with Gasteiger partial charge < -0.3 is 23.7 Å². The van der Waals surface area contributed by atoms with Gasteiger partial charge in [0.05, 0.1) is 99.8 Å². The fourth-order valence-corrected chi connectivity index (χ4v) is 11.0. The summed E-state index contributed by atoms with van der Waals surface area (Å²) in [6, 6.07) is 38.0. The van der Waals surface area contributed by atoms with E-state index in [1.54, 1.807) is 123 Å². The molecule has 0 aliphatic carbocycles. The summed E-state index contributed by atoms with van der Waals surface area (Å²) in [5, 5.41) is 0. The lowest BCUT2D eigenvalue weighted by Crippen LogP contribution is -2.08. The first kappa shape index (κ1) is 85.1. The zero-order chi connectivity index (χ0) is 84.7. The predicted molar refractivity (Wildman–Crippen MR) is 436 cm³/mol. The minimum Gasteiger partial charge on any atom is -0.454 e. The van der Waals surface area contributed by atoms with Crippen LogP contribution in [0.1, 0.15) is 132 Å². The van der Waals surface area contributed by atoms with Crippen LogP contribution in [0.25, 0.3) is 0 Å². The minimum atomic E-state index is -0.432. The quantitative estimate of drug-likeness (QED) is 0.0480. The van der Waals surface area contributed by atoms with Crippen LogP contribution < -0.4 is 23.7 Å². The number of aromatic nitrogens is 20. The Hall–Kier alpha value is -15.8. The maximum atomic E-state index is 13.2. The molecule has 0 aliphatic heterocycles. The summed E-state index contributed by atoms with van der Waals surface area (Å²) in [4.78, 5) is 144. The van der Waals surface area contributed by atoms with Crippen molar-refractivity contribution < 1.29 is 52.0 Å². The second-order valence-electron chi connectivity index (χ2n) is 26.7. The van der Waals surface area contributed by atoms with Gasteiger partial charge in [-0.25, -0.2) is 79.2 Å². The van der Waals surface area contributed by atoms with Gasteiger partial charge in [-0.1, -0.05) is 24.3 Å². The first-order valence-corrected chi connectivity index (χ1v) is 37.0. The highest BCUT2D eigenvalue weighted by molar-refractivity contribution is 5.98. The van der Waals surface area contributed by atoms with Crippen LogP contribution in [-0.2, 0) is 32.1 Å². The van der Waals surface area contributed by atoms with E-state index in [0.717, 1.165) is 33.9 Å². The summed E-state index contributed by atoms with van der Waals surface area (Å²) in [5.74, 6) is 3.88. The zero-order valence-electron chi connectivity index (χ0n) is 66.5. The van der Waals surface area contributed by atoms with E-state index >= 15 is 0 Å². The Balaban J connectivity index is 0.000000147. The van der Waals surface area contributed by atoms with Gasteiger partial charge in [0, 0.05) is 142 Å². The third-order valence-corrected chi connectivity index (χ3v) is 16.3. The molecule has 15 aromatic heterocycles. The van der Waals surface area contributed by atoms with Gasteiger partial charge in [-0.2, -0.15) is 0 Å². The van der Waals surface area contributed by atoms with Gasteiger partial charge >= 0.3 is 0 Å². The van der Waals surface area contributed by atoms with E-state index in [9.17, 15) is 28.4 Å².